The highest BCUT2D eigenvalue weighted by atomic mass is 35.5. The summed E-state index contributed by atoms with van der Waals surface area (Å²) >= 11 is 5.99. The first-order valence-corrected chi connectivity index (χ1v) is 8.67. The summed E-state index contributed by atoms with van der Waals surface area (Å²) in [7, 11) is 0. The molecule has 0 spiro atoms. The molecule has 8 nitrogen and oxygen atoms in total. The van der Waals surface area contributed by atoms with E-state index in [0.717, 1.165) is 6.07 Å². The van der Waals surface area contributed by atoms with Crippen LogP contribution >= 0.6 is 11.6 Å². The van der Waals surface area contributed by atoms with Crippen LogP contribution in [0.3, 0.4) is 0 Å². The second kappa shape index (κ2) is 8.19. The number of nitro benzene ring substituents is 1. The summed E-state index contributed by atoms with van der Waals surface area (Å²) in [5.41, 5.74) is 0.926. The SMILES string of the molecule is Cc1nc(Oc2ccccc2F)nc(C)c1NC(=O)c1ccc([N+](=O)[O-])cc1Cl. The number of halogens is 2. The Morgan fingerprint density at radius 3 is 2.41 bits per heavy atom. The third-order valence-electron chi connectivity index (χ3n) is 3.93. The Bertz CT molecular complexity index is 1100. The zero-order valence-corrected chi connectivity index (χ0v) is 16.0. The number of anilines is 1. The van der Waals surface area contributed by atoms with Crippen LogP contribution in [0.5, 0.6) is 11.8 Å². The second-order valence-corrected chi connectivity index (χ2v) is 6.37. The molecule has 3 aromatic rings. The van der Waals surface area contributed by atoms with Crippen molar-refractivity contribution in [3.63, 3.8) is 0 Å². The molecule has 0 saturated carbocycles. The van der Waals surface area contributed by atoms with Crippen LogP contribution < -0.4 is 10.1 Å². The molecule has 1 aromatic heterocycles. The van der Waals surface area contributed by atoms with E-state index in [1.807, 2.05) is 0 Å². The quantitative estimate of drug-likeness (QED) is 0.471. The number of aromatic nitrogens is 2. The Morgan fingerprint density at radius 1 is 1.17 bits per heavy atom. The van der Waals surface area contributed by atoms with Gasteiger partial charge in [-0.2, -0.15) is 9.97 Å². The molecule has 0 bridgehead atoms. The normalized spacial score (nSPS) is 10.5. The highest BCUT2D eigenvalue weighted by Crippen LogP contribution is 2.27. The van der Waals surface area contributed by atoms with Crippen LogP contribution in [0.1, 0.15) is 21.7 Å². The van der Waals surface area contributed by atoms with Crippen molar-refractivity contribution in [3.8, 4) is 11.8 Å². The maximum atomic E-state index is 13.7. The van der Waals surface area contributed by atoms with Gasteiger partial charge in [-0.1, -0.05) is 23.7 Å². The molecule has 1 amide bonds. The molecule has 29 heavy (non-hydrogen) atoms. The van der Waals surface area contributed by atoms with Crippen molar-refractivity contribution >= 4 is 28.9 Å². The van der Waals surface area contributed by atoms with Crippen molar-refractivity contribution in [3.05, 3.63) is 80.4 Å². The summed E-state index contributed by atoms with van der Waals surface area (Å²) in [4.78, 5) is 31.0. The third-order valence-corrected chi connectivity index (χ3v) is 4.25. The van der Waals surface area contributed by atoms with Gasteiger partial charge in [-0.3, -0.25) is 14.9 Å². The summed E-state index contributed by atoms with van der Waals surface area (Å²) in [5, 5.41) is 13.4. The minimum Gasteiger partial charge on any atom is -0.421 e. The average molecular weight is 417 g/mol. The van der Waals surface area contributed by atoms with E-state index in [0.29, 0.717) is 17.1 Å². The van der Waals surface area contributed by atoms with Crippen molar-refractivity contribution in [2.75, 3.05) is 5.32 Å². The summed E-state index contributed by atoms with van der Waals surface area (Å²) in [6.45, 7) is 3.24. The van der Waals surface area contributed by atoms with Gasteiger partial charge in [0, 0.05) is 12.1 Å². The van der Waals surface area contributed by atoms with Crippen molar-refractivity contribution in [2.45, 2.75) is 13.8 Å². The third kappa shape index (κ3) is 4.46. The number of hydrogen-bond acceptors (Lipinski definition) is 6. The number of rotatable bonds is 5. The van der Waals surface area contributed by atoms with Crippen molar-refractivity contribution < 1.29 is 18.8 Å². The fourth-order valence-electron chi connectivity index (χ4n) is 2.52. The molecule has 0 fully saturated rings. The second-order valence-electron chi connectivity index (χ2n) is 5.96. The van der Waals surface area contributed by atoms with Crippen molar-refractivity contribution in [2.24, 2.45) is 0 Å². The van der Waals surface area contributed by atoms with E-state index in [-0.39, 0.29) is 28.0 Å². The number of ether oxygens (including phenoxy) is 1. The molecule has 10 heteroatoms. The first-order valence-electron chi connectivity index (χ1n) is 8.29. The van der Waals surface area contributed by atoms with Crippen LogP contribution in [0.4, 0.5) is 15.8 Å². The number of non-ortho nitro benzene ring substituents is 1. The number of nitrogens with one attached hydrogen (secondary N) is 1. The van der Waals surface area contributed by atoms with Crippen LogP contribution in [-0.4, -0.2) is 20.8 Å². The maximum absolute atomic E-state index is 13.7. The zero-order chi connectivity index (χ0) is 21.1. The molecule has 0 saturated heterocycles. The smallest absolute Gasteiger partial charge is 0.322 e. The Kier molecular flexibility index (Phi) is 5.69. The Morgan fingerprint density at radius 2 is 1.83 bits per heavy atom. The number of para-hydroxylation sites is 1. The van der Waals surface area contributed by atoms with Crippen LogP contribution in [-0.2, 0) is 0 Å². The summed E-state index contributed by atoms with van der Waals surface area (Å²) in [6, 6.07) is 9.30. The standard InChI is InChI=1S/C19H14ClFN4O4/c1-10-17(24-18(26)13-8-7-12(25(27)28)9-14(13)20)11(2)23-19(22-10)29-16-6-4-3-5-15(16)21/h3-9H,1-2H3,(H,24,26). The highest BCUT2D eigenvalue weighted by molar-refractivity contribution is 6.34. The number of aryl methyl sites for hydroxylation is 2. The van der Waals surface area contributed by atoms with Gasteiger partial charge in [-0.25, -0.2) is 4.39 Å². The van der Waals surface area contributed by atoms with Crippen LogP contribution in [0.15, 0.2) is 42.5 Å². The lowest BCUT2D eigenvalue weighted by atomic mass is 10.1. The first-order chi connectivity index (χ1) is 13.8. The molecule has 0 radical (unpaired) electrons. The molecule has 0 aliphatic heterocycles. The van der Waals surface area contributed by atoms with E-state index in [1.54, 1.807) is 19.9 Å². The van der Waals surface area contributed by atoms with E-state index in [1.165, 1.54) is 30.3 Å². The molecule has 3 rings (SSSR count). The van der Waals surface area contributed by atoms with E-state index >= 15 is 0 Å². The number of nitro groups is 1. The minimum absolute atomic E-state index is 0.0271. The monoisotopic (exact) mass is 416 g/mol. The minimum atomic E-state index is -0.607. The Balaban J connectivity index is 1.84. The molecule has 0 unspecified atom stereocenters. The topological polar surface area (TPSA) is 107 Å². The first kappa shape index (κ1) is 20.2. The maximum Gasteiger partial charge on any atom is 0.322 e. The molecule has 1 heterocycles. The van der Waals surface area contributed by atoms with Gasteiger partial charge in [0.15, 0.2) is 11.6 Å². The predicted octanol–water partition coefficient (Wildman–Crippen LogP) is 4.84. The number of amides is 1. The molecule has 148 valence electrons. The largest absolute Gasteiger partial charge is 0.421 e. The molecule has 2 aromatic carbocycles. The lowest BCUT2D eigenvalue weighted by Gasteiger charge is -2.13. The number of carbonyl (C=O) groups is 1. The predicted molar refractivity (Wildman–Crippen MR) is 104 cm³/mol. The van der Waals surface area contributed by atoms with Gasteiger partial charge >= 0.3 is 6.01 Å². The van der Waals surface area contributed by atoms with Crippen molar-refractivity contribution in [1.29, 1.82) is 0 Å². The van der Waals surface area contributed by atoms with E-state index < -0.39 is 16.6 Å². The Labute approximate surface area is 169 Å². The van der Waals surface area contributed by atoms with E-state index in [4.69, 9.17) is 16.3 Å². The van der Waals surface area contributed by atoms with Crippen LogP contribution in [0.25, 0.3) is 0 Å². The molecular weight excluding hydrogens is 403 g/mol. The van der Waals surface area contributed by atoms with Crippen LogP contribution in [0.2, 0.25) is 5.02 Å². The zero-order valence-electron chi connectivity index (χ0n) is 15.3. The number of hydrogen-bond donors (Lipinski definition) is 1. The molecule has 0 atom stereocenters. The van der Waals surface area contributed by atoms with Gasteiger partial charge in [0.2, 0.25) is 0 Å². The fraction of sp³-hybridized carbons (Fsp3) is 0.105. The number of carbonyl (C=O) groups excluding carboxylic acids is 1. The highest BCUT2D eigenvalue weighted by Gasteiger charge is 2.18. The van der Waals surface area contributed by atoms with Gasteiger partial charge in [0.05, 0.1) is 32.6 Å². The summed E-state index contributed by atoms with van der Waals surface area (Å²) in [5.74, 6) is -1.17. The van der Waals surface area contributed by atoms with E-state index in [2.05, 4.69) is 15.3 Å². The fourth-order valence-corrected chi connectivity index (χ4v) is 2.78. The summed E-state index contributed by atoms with van der Waals surface area (Å²) < 4.78 is 19.1. The summed E-state index contributed by atoms with van der Waals surface area (Å²) in [6.07, 6.45) is 0. The van der Waals surface area contributed by atoms with E-state index in [9.17, 15) is 19.3 Å². The number of nitrogens with zero attached hydrogens (tertiary/aromatic N) is 3. The molecule has 0 aliphatic carbocycles. The van der Waals surface area contributed by atoms with Gasteiger partial charge < -0.3 is 10.1 Å². The molecule has 1 N–H and O–H groups in total. The van der Waals surface area contributed by atoms with Gasteiger partial charge in [0.25, 0.3) is 11.6 Å². The molecule has 0 aliphatic rings. The van der Waals surface area contributed by atoms with Gasteiger partial charge in [0.1, 0.15) is 0 Å². The van der Waals surface area contributed by atoms with Crippen LogP contribution in [0, 0.1) is 29.8 Å². The van der Waals surface area contributed by atoms with Crippen molar-refractivity contribution in [1.82, 2.24) is 9.97 Å². The molecular formula is C19H14ClFN4O4. The van der Waals surface area contributed by atoms with Gasteiger partial charge in [-0.05, 0) is 32.0 Å². The lowest BCUT2D eigenvalue weighted by Crippen LogP contribution is -2.16. The lowest BCUT2D eigenvalue weighted by molar-refractivity contribution is -0.384. The Hall–Kier alpha value is -3.59. The number of benzene rings is 2. The average Bonchev–Trinajstić information content (AvgIpc) is 2.66. The van der Waals surface area contributed by atoms with Gasteiger partial charge in [-0.15, -0.1) is 0 Å².